The van der Waals surface area contributed by atoms with E-state index >= 15 is 0 Å². The Morgan fingerprint density at radius 3 is 2.21 bits per heavy atom. The lowest BCUT2D eigenvalue weighted by Crippen LogP contribution is -2.53. The van der Waals surface area contributed by atoms with Gasteiger partial charge in [-0.15, -0.1) is 0 Å². The number of imidazole rings is 1. The Bertz CT molecular complexity index is 1010. The number of aromatic nitrogens is 2. The van der Waals surface area contributed by atoms with Gasteiger partial charge in [0.05, 0.1) is 5.69 Å². The third-order valence-corrected chi connectivity index (χ3v) is 6.29. The van der Waals surface area contributed by atoms with E-state index in [4.69, 9.17) is 4.98 Å². The highest BCUT2D eigenvalue weighted by Gasteiger charge is 2.34. The summed E-state index contributed by atoms with van der Waals surface area (Å²) in [4.78, 5) is 33.0. The standard InChI is InChI=1S/C26H39N5O2/c1-25(2,3)18-12-10-17(11-13-18)22-28-20(19-16-30(8)14-9-15-31(19)22)23(32)29-21(24(33)27-7)26(4,5)6/h10-13,21H,9,14-16H2,1-8H3,(H,27,33)(H,29,32). The number of carbonyl (C=O) groups excluding carboxylic acids is 2. The molecule has 1 aliphatic heterocycles. The largest absolute Gasteiger partial charge is 0.357 e. The van der Waals surface area contributed by atoms with Crippen LogP contribution in [0.25, 0.3) is 11.4 Å². The number of hydrogen-bond acceptors (Lipinski definition) is 4. The Labute approximate surface area is 198 Å². The quantitative estimate of drug-likeness (QED) is 0.742. The molecule has 1 aromatic carbocycles. The van der Waals surface area contributed by atoms with E-state index in [0.29, 0.717) is 12.2 Å². The molecule has 1 unspecified atom stereocenters. The lowest BCUT2D eigenvalue weighted by Gasteiger charge is -2.29. The minimum Gasteiger partial charge on any atom is -0.357 e. The third kappa shape index (κ3) is 5.46. The van der Waals surface area contributed by atoms with Crippen LogP contribution in [0, 0.1) is 5.41 Å². The van der Waals surface area contributed by atoms with Gasteiger partial charge in [-0.2, -0.15) is 0 Å². The summed E-state index contributed by atoms with van der Waals surface area (Å²) in [6.07, 6.45) is 0.983. The number of rotatable bonds is 4. The van der Waals surface area contributed by atoms with Gasteiger partial charge in [0.15, 0.2) is 5.69 Å². The van der Waals surface area contributed by atoms with Crippen molar-refractivity contribution < 1.29 is 9.59 Å². The molecule has 3 rings (SSSR count). The second-order valence-corrected chi connectivity index (χ2v) is 11.2. The van der Waals surface area contributed by atoms with Crippen molar-refractivity contribution in [2.75, 3.05) is 20.6 Å². The first-order valence-electron chi connectivity index (χ1n) is 11.7. The smallest absolute Gasteiger partial charge is 0.272 e. The van der Waals surface area contributed by atoms with Crippen LogP contribution in [0.4, 0.5) is 0 Å². The summed E-state index contributed by atoms with van der Waals surface area (Å²) in [5.41, 5.74) is 3.17. The molecule has 2 N–H and O–H groups in total. The van der Waals surface area contributed by atoms with Crippen LogP contribution in [0.3, 0.4) is 0 Å². The van der Waals surface area contributed by atoms with Crippen LogP contribution < -0.4 is 10.6 Å². The van der Waals surface area contributed by atoms with Crippen LogP contribution >= 0.6 is 0 Å². The Hall–Kier alpha value is -2.67. The van der Waals surface area contributed by atoms with Gasteiger partial charge in [0.1, 0.15) is 11.9 Å². The third-order valence-electron chi connectivity index (χ3n) is 6.29. The Kier molecular flexibility index (Phi) is 7.03. The molecule has 2 aromatic rings. The van der Waals surface area contributed by atoms with Crippen LogP contribution in [0.5, 0.6) is 0 Å². The first-order chi connectivity index (χ1) is 15.3. The van der Waals surface area contributed by atoms with Gasteiger partial charge in [-0.25, -0.2) is 4.98 Å². The zero-order valence-electron chi connectivity index (χ0n) is 21.4. The number of likely N-dealkylation sites (N-methyl/N-ethyl adjacent to an activating group) is 1. The van der Waals surface area contributed by atoms with E-state index in [2.05, 4.69) is 72.2 Å². The van der Waals surface area contributed by atoms with Gasteiger partial charge in [-0.1, -0.05) is 65.8 Å². The van der Waals surface area contributed by atoms with Gasteiger partial charge < -0.3 is 20.1 Å². The normalized spacial score (nSPS) is 16.0. The van der Waals surface area contributed by atoms with Crippen molar-refractivity contribution in [3.63, 3.8) is 0 Å². The molecule has 7 heteroatoms. The van der Waals surface area contributed by atoms with Gasteiger partial charge in [-0.05, 0) is 36.4 Å². The first-order valence-corrected chi connectivity index (χ1v) is 11.7. The summed E-state index contributed by atoms with van der Waals surface area (Å²) >= 11 is 0. The van der Waals surface area contributed by atoms with Crippen molar-refractivity contribution in [1.82, 2.24) is 25.1 Å². The molecule has 33 heavy (non-hydrogen) atoms. The van der Waals surface area contributed by atoms with Crippen molar-refractivity contribution in [3.05, 3.63) is 41.2 Å². The molecule has 0 saturated carbocycles. The molecule has 2 amide bonds. The predicted molar refractivity (Wildman–Crippen MR) is 132 cm³/mol. The maximum Gasteiger partial charge on any atom is 0.272 e. The average Bonchev–Trinajstić information content (AvgIpc) is 2.96. The minimum absolute atomic E-state index is 0.0671. The number of fused-ring (bicyclic) bond motifs is 1. The molecule has 0 aliphatic carbocycles. The summed E-state index contributed by atoms with van der Waals surface area (Å²) in [6, 6.07) is 7.80. The van der Waals surface area contributed by atoms with Crippen LogP contribution in [-0.4, -0.2) is 52.9 Å². The van der Waals surface area contributed by atoms with E-state index in [1.165, 1.54) is 5.56 Å². The van der Waals surface area contributed by atoms with E-state index in [9.17, 15) is 9.59 Å². The minimum atomic E-state index is -0.662. The monoisotopic (exact) mass is 453 g/mol. The second kappa shape index (κ2) is 9.29. The van der Waals surface area contributed by atoms with Crippen LogP contribution in [0.15, 0.2) is 24.3 Å². The predicted octanol–water partition coefficient (Wildman–Crippen LogP) is 3.57. The fraction of sp³-hybridized carbons (Fsp3) is 0.577. The fourth-order valence-electron chi connectivity index (χ4n) is 4.26. The van der Waals surface area contributed by atoms with Gasteiger partial charge in [0.2, 0.25) is 5.91 Å². The molecule has 0 saturated heterocycles. The van der Waals surface area contributed by atoms with E-state index in [0.717, 1.165) is 36.6 Å². The average molecular weight is 454 g/mol. The van der Waals surface area contributed by atoms with Gasteiger partial charge in [0, 0.05) is 25.7 Å². The summed E-state index contributed by atoms with van der Waals surface area (Å²) in [6.45, 7) is 14.8. The van der Waals surface area contributed by atoms with Crippen molar-refractivity contribution >= 4 is 11.8 Å². The van der Waals surface area contributed by atoms with Crippen molar-refractivity contribution in [1.29, 1.82) is 0 Å². The summed E-state index contributed by atoms with van der Waals surface area (Å²) in [7, 11) is 3.65. The van der Waals surface area contributed by atoms with E-state index < -0.39 is 11.5 Å². The molecular weight excluding hydrogens is 414 g/mol. The maximum absolute atomic E-state index is 13.5. The number of amides is 2. The highest BCUT2D eigenvalue weighted by atomic mass is 16.2. The van der Waals surface area contributed by atoms with Crippen molar-refractivity contribution in [3.8, 4) is 11.4 Å². The molecule has 1 aliphatic rings. The summed E-state index contributed by atoms with van der Waals surface area (Å²) in [5.74, 6) is 0.282. The molecule has 0 spiro atoms. The van der Waals surface area contributed by atoms with Crippen molar-refractivity contribution in [2.45, 2.75) is 72.5 Å². The summed E-state index contributed by atoms with van der Waals surface area (Å²) in [5, 5.41) is 5.63. The molecule has 0 radical (unpaired) electrons. The number of nitrogens with zero attached hydrogens (tertiary/aromatic N) is 3. The number of nitrogens with one attached hydrogen (secondary N) is 2. The highest BCUT2D eigenvalue weighted by Crippen LogP contribution is 2.29. The van der Waals surface area contributed by atoms with Gasteiger partial charge in [-0.3, -0.25) is 9.59 Å². The SMILES string of the molecule is CNC(=O)C(NC(=O)c1nc(-c2ccc(C(C)(C)C)cc2)n2c1CN(C)CCC2)C(C)(C)C. The molecule has 7 nitrogen and oxygen atoms in total. The fourth-order valence-corrected chi connectivity index (χ4v) is 4.26. The Morgan fingerprint density at radius 1 is 1.03 bits per heavy atom. The van der Waals surface area contributed by atoms with Crippen LogP contribution in [0.1, 0.15) is 69.7 Å². The molecular formula is C26H39N5O2. The highest BCUT2D eigenvalue weighted by molar-refractivity contribution is 5.97. The molecule has 0 fully saturated rings. The van der Waals surface area contributed by atoms with Crippen molar-refractivity contribution in [2.24, 2.45) is 5.41 Å². The Balaban J connectivity index is 2.05. The molecule has 2 heterocycles. The zero-order valence-corrected chi connectivity index (χ0v) is 21.4. The van der Waals surface area contributed by atoms with Crippen LogP contribution in [-0.2, 0) is 23.3 Å². The first kappa shape index (κ1) is 25.0. The number of carbonyl (C=O) groups is 2. The molecule has 1 atom stereocenters. The lowest BCUT2D eigenvalue weighted by molar-refractivity contribution is -0.124. The molecule has 180 valence electrons. The summed E-state index contributed by atoms with van der Waals surface area (Å²) < 4.78 is 2.18. The lowest BCUT2D eigenvalue weighted by atomic mass is 9.86. The Morgan fingerprint density at radius 2 is 1.67 bits per heavy atom. The van der Waals surface area contributed by atoms with Crippen LogP contribution in [0.2, 0.25) is 0 Å². The van der Waals surface area contributed by atoms with E-state index in [-0.39, 0.29) is 17.2 Å². The van der Waals surface area contributed by atoms with E-state index in [1.807, 2.05) is 20.8 Å². The topological polar surface area (TPSA) is 79.3 Å². The second-order valence-electron chi connectivity index (χ2n) is 11.2. The van der Waals surface area contributed by atoms with E-state index in [1.54, 1.807) is 7.05 Å². The zero-order chi connectivity index (χ0) is 24.6. The molecule has 0 bridgehead atoms. The number of hydrogen-bond donors (Lipinski definition) is 2. The maximum atomic E-state index is 13.5. The number of benzene rings is 1. The van der Waals surface area contributed by atoms with Gasteiger partial charge in [0.25, 0.3) is 5.91 Å². The molecule has 1 aromatic heterocycles. The van der Waals surface area contributed by atoms with Gasteiger partial charge >= 0.3 is 0 Å².